The van der Waals surface area contributed by atoms with Crippen LogP contribution in [-0.2, 0) is 0 Å². The van der Waals surface area contributed by atoms with Crippen LogP contribution in [0.15, 0.2) is 76.5 Å². The van der Waals surface area contributed by atoms with Crippen LogP contribution in [0.2, 0.25) is 0 Å². The van der Waals surface area contributed by atoms with Gasteiger partial charge in [0, 0.05) is 40.0 Å². The lowest BCUT2D eigenvalue weighted by Crippen LogP contribution is -2.30. The molecule has 0 amide bonds. The van der Waals surface area contributed by atoms with Crippen LogP contribution in [0.3, 0.4) is 0 Å². The minimum absolute atomic E-state index is 0.0188. The van der Waals surface area contributed by atoms with Gasteiger partial charge >= 0.3 is 0 Å². The van der Waals surface area contributed by atoms with Crippen molar-refractivity contribution in [1.29, 1.82) is 0 Å². The number of fused-ring (bicyclic) bond motifs is 1. The fourth-order valence-electron chi connectivity index (χ4n) is 3.91. The number of thioether (sulfide) groups is 1. The second-order valence-corrected chi connectivity index (χ2v) is 9.24. The lowest BCUT2D eigenvalue weighted by Gasteiger charge is -2.28. The van der Waals surface area contributed by atoms with Crippen molar-refractivity contribution in [2.24, 2.45) is 4.99 Å². The quantitative estimate of drug-likeness (QED) is 0.561. The van der Waals surface area contributed by atoms with Gasteiger partial charge < -0.3 is 9.47 Å². The summed E-state index contributed by atoms with van der Waals surface area (Å²) in [7, 11) is 0. The van der Waals surface area contributed by atoms with Crippen LogP contribution in [0.1, 0.15) is 30.4 Å². The molecule has 3 atom stereocenters. The molecule has 0 aliphatic carbocycles. The van der Waals surface area contributed by atoms with Crippen LogP contribution in [0.25, 0.3) is 5.69 Å². The number of amidine groups is 1. The van der Waals surface area contributed by atoms with Gasteiger partial charge in [0.25, 0.3) is 0 Å². The van der Waals surface area contributed by atoms with Crippen molar-refractivity contribution in [2.45, 2.75) is 24.3 Å². The van der Waals surface area contributed by atoms with Crippen molar-refractivity contribution >= 4 is 32.9 Å². The standard InChI is InChI=1S/C21H19BrN4S/c1-14-13-26-20(19(24-21(26)27-14)17-5-2-3-11-23-17)18-6-4-12-25(18)16-9-7-15(22)8-10-16/h2-12,14,19-20H,13H2,1H3/t14-,19-,20+/m1/s1. The molecule has 6 heteroatoms. The number of aromatic nitrogens is 2. The molecule has 4 nitrogen and oxygen atoms in total. The van der Waals surface area contributed by atoms with Gasteiger partial charge in [-0.1, -0.05) is 40.7 Å². The highest BCUT2D eigenvalue weighted by molar-refractivity contribution is 9.10. The van der Waals surface area contributed by atoms with Gasteiger partial charge in [-0.05, 0) is 48.5 Å². The monoisotopic (exact) mass is 438 g/mol. The molecule has 2 aromatic heterocycles. The molecule has 5 rings (SSSR count). The van der Waals surface area contributed by atoms with E-state index in [9.17, 15) is 0 Å². The predicted molar refractivity (Wildman–Crippen MR) is 114 cm³/mol. The topological polar surface area (TPSA) is 33.4 Å². The Morgan fingerprint density at radius 3 is 2.70 bits per heavy atom. The summed E-state index contributed by atoms with van der Waals surface area (Å²) in [6.07, 6.45) is 4.00. The number of aliphatic imine (C=N–C) groups is 1. The number of nitrogens with zero attached hydrogens (tertiary/aromatic N) is 4. The fraction of sp³-hybridized carbons (Fsp3) is 0.238. The molecule has 27 heavy (non-hydrogen) atoms. The van der Waals surface area contributed by atoms with Crippen molar-refractivity contribution in [2.75, 3.05) is 6.54 Å². The van der Waals surface area contributed by atoms with Gasteiger partial charge in [0.2, 0.25) is 0 Å². The van der Waals surface area contributed by atoms with E-state index in [-0.39, 0.29) is 12.1 Å². The summed E-state index contributed by atoms with van der Waals surface area (Å²) in [5.74, 6) is 0. The number of pyridine rings is 1. The van der Waals surface area contributed by atoms with Gasteiger partial charge in [0.1, 0.15) is 6.04 Å². The lowest BCUT2D eigenvalue weighted by atomic mass is 10.0. The summed E-state index contributed by atoms with van der Waals surface area (Å²) >= 11 is 5.40. The SMILES string of the molecule is C[C@@H]1CN2C(=N[C@H](c3ccccn3)[C@@H]2c2cccn2-c2ccc(Br)cc2)S1. The molecule has 2 aliphatic heterocycles. The number of hydrogen-bond acceptors (Lipinski definition) is 4. The molecule has 1 aromatic carbocycles. The zero-order valence-electron chi connectivity index (χ0n) is 14.9. The smallest absolute Gasteiger partial charge is 0.160 e. The Morgan fingerprint density at radius 1 is 1.07 bits per heavy atom. The van der Waals surface area contributed by atoms with Gasteiger partial charge in [-0.3, -0.25) is 9.98 Å². The number of benzene rings is 1. The normalized spacial score (nSPS) is 24.1. The van der Waals surface area contributed by atoms with Crippen LogP contribution >= 0.6 is 27.7 Å². The molecule has 0 unspecified atom stereocenters. The molecule has 2 aliphatic rings. The highest BCUT2D eigenvalue weighted by Crippen LogP contribution is 2.47. The van der Waals surface area contributed by atoms with Crippen LogP contribution in [0, 0.1) is 0 Å². The van der Waals surface area contributed by atoms with E-state index >= 15 is 0 Å². The van der Waals surface area contributed by atoms with E-state index in [0.29, 0.717) is 5.25 Å². The third kappa shape index (κ3) is 3.01. The Hall–Kier alpha value is -2.05. The zero-order valence-corrected chi connectivity index (χ0v) is 17.3. The highest BCUT2D eigenvalue weighted by atomic mass is 79.9. The average Bonchev–Trinajstić information content (AvgIpc) is 3.37. The maximum Gasteiger partial charge on any atom is 0.160 e. The molecule has 0 radical (unpaired) electrons. The molecule has 136 valence electrons. The van der Waals surface area contributed by atoms with E-state index in [2.05, 4.69) is 86.0 Å². The first-order valence-electron chi connectivity index (χ1n) is 9.06. The van der Waals surface area contributed by atoms with E-state index < -0.39 is 0 Å². The summed E-state index contributed by atoms with van der Waals surface area (Å²) in [5.41, 5.74) is 3.44. The van der Waals surface area contributed by atoms with Gasteiger partial charge in [-0.25, -0.2) is 0 Å². The largest absolute Gasteiger partial charge is 0.339 e. The van der Waals surface area contributed by atoms with Gasteiger partial charge in [0.15, 0.2) is 5.17 Å². The average molecular weight is 439 g/mol. The summed E-state index contributed by atoms with van der Waals surface area (Å²) in [6, 6.07) is 19.1. The van der Waals surface area contributed by atoms with Crippen molar-refractivity contribution in [3.63, 3.8) is 0 Å². The fourth-order valence-corrected chi connectivity index (χ4v) is 5.27. The van der Waals surface area contributed by atoms with Crippen LogP contribution < -0.4 is 0 Å². The Morgan fingerprint density at radius 2 is 1.93 bits per heavy atom. The molecule has 1 saturated heterocycles. The third-order valence-electron chi connectivity index (χ3n) is 5.07. The Bertz CT molecular complexity index is 983. The number of rotatable bonds is 3. The van der Waals surface area contributed by atoms with Crippen molar-refractivity contribution in [3.8, 4) is 5.69 Å². The van der Waals surface area contributed by atoms with E-state index in [1.807, 2.05) is 30.1 Å². The molecule has 3 aromatic rings. The lowest BCUT2D eigenvalue weighted by molar-refractivity contribution is 0.312. The minimum atomic E-state index is 0.0188. The van der Waals surface area contributed by atoms with Crippen LogP contribution in [-0.4, -0.2) is 31.4 Å². The van der Waals surface area contributed by atoms with Gasteiger partial charge in [-0.15, -0.1) is 0 Å². The Labute approximate surface area is 171 Å². The zero-order chi connectivity index (χ0) is 18.4. The van der Waals surface area contributed by atoms with Crippen LogP contribution in [0.4, 0.5) is 0 Å². The second-order valence-electron chi connectivity index (χ2n) is 6.92. The Kier molecular flexibility index (Phi) is 4.32. The summed E-state index contributed by atoms with van der Waals surface area (Å²) in [6.45, 7) is 3.29. The van der Waals surface area contributed by atoms with Gasteiger partial charge in [-0.2, -0.15) is 0 Å². The van der Waals surface area contributed by atoms with Gasteiger partial charge in [0.05, 0.1) is 11.7 Å². The molecule has 1 fully saturated rings. The van der Waals surface area contributed by atoms with Crippen LogP contribution in [0.5, 0.6) is 0 Å². The number of hydrogen-bond donors (Lipinski definition) is 0. The molecule has 0 N–H and O–H groups in total. The van der Waals surface area contributed by atoms with E-state index in [0.717, 1.165) is 27.6 Å². The molecule has 0 bridgehead atoms. The van der Waals surface area contributed by atoms with E-state index in [4.69, 9.17) is 4.99 Å². The first-order valence-corrected chi connectivity index (χ1v) is 10.7. The summed E-state index contributed by atoms with van der Waals surface area (Å²) < 4.78 is 3.36. The van der Waals surface area contributed by atoms with Crippen molar-refractivity contribution in [1.82, 2.24) is 14.5 Å². The van der Waals surface area contributed by atoms with E-state index in [1.54, 1.807) is 0 Å². The maximum absolute atomic E-state index is 5.08. The molecule has 0 saturated carbocycles. The summed E-state index contributed by atoms with van der Waals surface area (Å²) in [5, 5.41) is 1.71. The Balaban J connectivity index is 1.60. The number of halogens is 1. The predicted octanol–water partition coefficient (Wildman–Crippen LogP) is 5.22. The molecule has 4 heterocycles. The second kappa shape index (κ2) is 6.84. The first kappa shape index (κ1) is 17.1. The summed E-state index contributed by atoms with van der Waals surface area (Å²) in [4.78, 5) is 12.2. The first-order chi connectivity index (χ1) is 13.2. The van der Waals surface area contributed by atoms with Crippen molar-refractivity contribution in [3.05, 3.63) is 82.9 Å². The minimum Gasteiger partial charge on any atom is -0.339 e. The van der Waals surface area contributed by atoms with Crippen molar-refractivity contribution < 1.29 is 0 Å². The third-order valence-corrected chi connectivity index (χ3v) is 6.70. The van der Waals surface area contributed by atoms with E-state index in [1.165, 1.54) is 5.69 Å². The highest BCUT2D eigenvalue weighted by Gasteiger charge is 2.44. The molecular formula is C21H19BrN4S. The molecule has 0 spiro atoms. The maximum atomic E-state index is 5.08. The molecular weight excluding hydrogens is 420 g/mol.